The summed E-state index contributed by atoms with van der Waals surface area (Å²) in [7, 11) is 0. The van der Waals surface area contributed by atoms with Crippen molar-refractivity contribution in [2.24, 2.45) is 0 Å². The Kier molecular flexibility index (Phi) is 9.91. The summed E-state index contributed by atoms with van der Waals surface area (Å²) in [6.45, 7) is 7.23. The van der Waals surface area contributed by atoms with Gasteiger partial charge in [-0.05, 0) is 56.6 Å². The van der Waals surface area contributed by atoms with Crippen LogP contribution in [0.15, 0.2) is 54.1 Å². The van der Waals surface area contributed by atoms with Crippen LogP contribution in [-0.2, 0) is 9.59 Å². The number of amides is 1. The van der Waals surface area contributed by atoms with Crippen molar-refractivity contribution in [2.45, 2.75) is 52.0 Å². The highest BCUT2D eigenvalue weighted by molar-refractivity contribution is 6.46. The van der Waals surface area contributed by atoms with Crippen molar-refractivity contribution in [1.29, 1.82) is 0 Å². The number of likely N-dealkylation sites (tertiary alicyclic amines) is 1. The van der Waals surface area contributed by atoms with Crippen LogP contribution in [0.1, 0.15) is 63.1 Å². The Balaban J connectivity index is 1.95. The fourth-order valence-electron chi connectivity index (χ4n) is 4.59. The highest BCUT2D eigenvalue weighted by Crippen LogP contribution is 2.39. The highest BCUT2D eigenvalue weighted by Gasteiger charge is 2.45. The maximum absolute atomic E-state index is 13.7. The van der Waals surface area contributed by atoms with Gasteiger partial charge in [-0.3, -0.25) is 19.7 Å². The molecule has 1 aliphatic rings. The van der Waals surface area contributed by atoms with E-state index < -0.39 is 34.2 Å². The summed E-state index contributed by atoms with van der Waals surface area (Å²) in [6, 6.07) is 9.77. The molecule has 1 aliphatic heterocycles. The predicted octanol–water partition coefficient (Wildman–Crippen LogP) is 5.45. The maximum atomic E-state index is 13.7. The number of aliphatic hydroxyl groups excluding tert-OH is 1. The lowest BCUT2D eigenvalue weighted by molar-refractivity contribution is -0.384. The number of nitro benzene ring substituents is 1. The zero-order valence-electron chi connectivity index (χ0n) is 21.4. The minimum atomic E-state index is -0.931. The topological polar surface area (TPSA) is 104 Å². The predicted molar refractivity (Wildman–Crippen MR) is 139 cm³/mol. The van der Waals surface area contributed by atoms with Gasteiger partial charge in [0.15, 0.2) is 0 Å². The van der Waals surface area contributed by atoms with Gasteiger partial charge in [-0.1, -0.05) is 51.0 Å². The number of nitrogens with zero attached hydrogens (tertiary/aromatic N) is 3. The van der Waals surface area contributed by atoms with E-state index >= 15 is 0 Å². The van der Waals surface area contributed by atoms with Crippen LogP contribution in [0.25, 0.3) is 5.76 Å². The second-order valence-electron chi connectivity index (χ2n) is 9.25. The molecular formula is C28H34FN3O5. The Hall–Kier alpha value is -3.59. The van der Waals surface area contributed by atoms with Gasteiger partial charge in [-0.25, -0.2) is 4.39 Å². The molecule has 1 N–H and O–H groups in total. The lowest BCUT2D eigenvalue weighted by Crippen LogP contribution is -2.34. The summed E-state index contributed by atoms with van der Waals surface area (Å²) in [5, 5.41) is 22.3. The van der Waals surface area contributed by atoms with Crippen molar-refractivity contribution in [3.8, 4) is 0 Å². The Morgan fingerprint density at radius 2 is 1.65 bits per heavy atom. The average molecular weight is 512 g/mol. The largest absolute Gasteiger partial charge is 0.507 e. The minimum Gasteiger partial charge on any atom is -0.507 e. The van der Waals surface area contributed by atoms with Crippen LogP contribution in [0.2, 0.25) is 0 Å². The zero-order chi connectivity index (χ0) is 26.9. The molecule has 0 spiro atoms. The molecule has 1 amide bonds. The third-order valence-corrected chi connectivity index (χ3v) is 6.59. The van der Waals surface area contributed by atoms with Crippen LogP contribution in [0.3, 0.4) is 0 Å². The van der Waals surface area contributed by atoms with Gasteiger partial charge >= 0.3 is 0 Å². The number of hydrogen-bond acceptors (Lipinski definition) is 6. The molecule has 1 heterocycles. The molecule has 2 aromatic carbocycles. The van der Waals surface area contributed by atoms with Gasteiger partial charge in [0.2, 0.25) is 0 Å². The number of carbonyl (C=O) groups is 2. The minimum absolute atomic E-state index is 0.0598. The van der Waals surface area contributed by atoms with Crippen LogP contribution >= 0.6 is 0 Å². The molecule has 0 aromatic heterocycles. The molecule has 9 heteroatoms. The van der Waals surface area contributed by atoms with Gasteiger partial charge in [0.05, 0.1) is 16.5 Å². The molecule has 0 saturated carbocycles. The molecule has 198 valence electrons. The number of unbranched alkanes of at least 4 members (excludes halogenated alkanes) is 2. The van der Waals surface area contributed by atoms with Crippen molar-refractivity contribution in [1.82, 2.24) is 9.80 Å². The third kappa shape index (κ3) is 6.80. The molecular weight excluding hydrogens is 477 g/mol. The molecule has 8 nitrogen and oxygen atoms in total. The summed E-state index contributed by atoms with van der Waals surface area (Å²) < 4.78 is 13.7. The third-order valence-electron chi connectivity index (χ3n) is 6.59. The molecule has 1 fully saturated rings. The molecule has 3 rings (SSSR count). The van der Waals surface area contributed by atoms with Gasteiger partial charge in [0.25, 0.3) is 17.4 Å². The summed E-state index contributed by atoms with van der Waals surface area (Å²) >= 11 is 0. The number of halogens is 1. The van der Waals surface area contributed by atoms with Gasteiger partial charge in [0, 0.05) is 24.2 Å². The Morgan fingerprint density at radius 1 is 1.03 bits per heavy atom. The molecule has 37 heavy (non-hydrogen) atoms. The van der Waals surface area contributed by atoms with Gasteiger partial charge in [0.1, 0.15) is 11.6 Å². The summed E-state index contributed by atoms with van der Waals surface area (Å²) in [4.78, 5) is 40.7. The van der Waals surface area contributed by atoms with E-state index in [1.807, 2.05) is 0 Å². The van der Waals surface area contributed by atoms with E-state index in [1.165, 1.54) is 47.4 Å². The molecule has 0 bridgehead atoms. The van der Waals surface area contributed by atoms with E-state index in [2.05, 4.69) is 18.7 Å². The smallest absolute Gasteiger partial charge is 0.295 e. The fourth-order valence-corrected chi connectivity index (χ4v) is 4.59. The van der Waals surface area contributed by atoms with Gasteiger partial charge < -0.3 is 14.9 Å². The summed E-state index contributed by atoms with van der Waals surface area (Å²) in [5.41, 5.74) is 0.118. The number of carbonyl (C=O) groups excluding carboxylic acids is 2. The van der Waals surface area contributed by atoms with Crippen LogP contribution in [0, 0.1) is 15.9 Å². The van der Waals surface area contributed by atoms with E-state index in [4.69, 9.17) is 0 Å². The van der Waals surface area contributed by atoms with E-state index in [0.717, 1.165) is 51.4 Å². The standard InChI is InChI=1S/C28H34FN3O5/c1-3-5-15-30(16-6-4-2)17-8-18-31-25(20-11-13-22(29)14-12-20)24(27(34)28(31)35)26(33)21-9-7-10-23(19-21)32(36)37/h7,9-14,19,25,33H,3-6,8,15-18H2,1-2H3/t25-/m1/s1. The Labute approximate surface area is 216 Å². The number of Topliss-reactive ketones (excluding diaryl/α,β-unsaturated/α-hetero) is 1. The Morgan fingerprint density at radius 3 is 2.24 bits per heavy atom. The monoisotopic (exact) mass is 511 g/mol. The number of aliphatic hydroxyl groups is 1. The first-order chi connectivity index (χ1) is 17.8. The van der Waals surface area contributed by atoms with Crippen LogP contribution in [-0.4, -0.2) is 57.7 Å². The molecule has 1 saturated heterocycles. The van der Waals surface area contributed by atoms with Crippen LogP contribution in [0.5, 0.6) is 0 Å². The molecule has 0 radical (unpaired) electrons. The average Bonchev–Trinajstić information content (AvgIpc) is 3.15. The number of ketones is 1. The second kappa shape index (κ2) is 13.1. The van der Waals surface area contributed by atoms with E-state index in [1.54, 1.807) is 0 Å². The normalized spacial score (nSPS) is 17.1. The van der Waals surface area contributed by atoms with Crippen LogP contribution < -0.4 is 0 Å². The first-order valence-corrected chi connectivity index (χ1v) is 12.8. The molecule has 2 aromatic rings. The second-order valence-corrected chi connectivity index (χ2v) is 9.25. The number of rotatable bonds is 13. The van der Waals surface area contributed by atoms with Crippen LogP contribution in [0.4, 0.5) is 10.1 Å². The Bertz CT molecular complexity index is 1140. The van der Waals surface area contributed by atoms with Crippen molar-refractivity contribution in [3.05, 3.63) is 81.2 Å². The van der Waals surface area contributed by atoms with E-state index in [-0.39, 0.29) is 23.4 Å². The fraction of sp³-hybridized carbons (Fsp3) is 0.429. The van der Waals surface area contributed by atoms with Gasteiger partial charge in [-0.2, -0.15) is 0 Å². The quantitative estimate of drug-likeness (QED) is 0.126. The zero-order valence-corrected chi connectivity index (χ0v) is 21.4. The number of hydrogen-bond donors (Lipinski definition) is 1. The summed E-state index contributed by atoms with van der Waals surface area (Å²) in [5.74, 6) is -2.59. The molecule has 0 aliphatic carbocycles. The first-order valence-electron chi connectivity index (χ1n) is 12.8. The highest BCUT2D eigenvalue weighted by atomic mass is 19.1. The van der Waals surface area contributed by atoms with Gasteiger partial charge in [-0.15, -0.1) is 0 Å². The molecule has 1 atom stereocenters. The SMILES string of the molecule is CCCCN(CCCC)CCCN1C(=O)C(=O)C(=C(O)c2cccc([N+](=O)[O-])c2)[C@H]1c1ccc(F)cc1. The van der Waals surface area contributed by atoms with E-state index in [9.17, 15) is 29.2 Å². The van der Waals surface area contributed by atoms with E-state index in [0.29, 0.717) is 12.0 Å². The lowest BCUT2D eigenvalue weighted by atomic mass is 9.95. The number of benzene rings is 2. The lowest BCUT2D eigenvalue weighted by Gasteiger charge is -2.27. The van der Waals surface area contributed by atoms with Crippen molar-refractivity contribution in [2.75, 3.05) is 26.2 Å². The molecule has 0 unspecified atom stereocenters. The van der Waals surface area contributed by atoms with Crippen molar-refractivity contribution >= 4 is 23.1 Å². The number of non-ortho nitro benzene ring substituents is 1. The first kappa shape index (κ1) is 28.0. The maximum Gasteiger partial charge on any atom is 0.295 e. The van der Waals surface area contributed by atoms with Crippen molar-refractivity contribution < 1.29 is 24.0 Å². The van der Waals surface area contributed by atoms with Crippen molar-refractivity contribution in [3.63, 3.8) is 0 Å². The number of nitro groups is 1. The summed E-state index contributed by atoms with van der Waals surface area (Å²) in [6.07, 6.45) is 4.94.